The molecule has 2 rings (SSSR count). The van der Waals surface area contributed by atoms with Gasteiger partial charge < -0.3 is 10.0 Å². The monoisotopic (exact) mass is 307 g/mol. The summed E-state index contributed by atoms with van der Waals surface area (Å²) in [4.78, 5) is 14.1. The number of carbonyl (C=O) groups is 1. The molecule has 1 amide bonds. The van der Waals surface area contributed by atoms with Crippen LogP contribution in [0.3, 0.4) is 0 Å². The van der Waals surface area contributed by atoms with Crippen LogP contribution in [-0.2, 0) is 0 Å². The molecule has 1 aliphatic rings. The van der Waals surface area contributed by atoms with Gasteiger partial charge in [-0.2, -0.15) is 11.8 Å². The number of aliphatic hydroxyl groups excluding tert-OH is 1. The summed E-state index contributed by atoms with van der Waals surface area (Å²) < 4.78 is 14.1. The molecule has 1 aromatic rings. The zero-order valence-corrected chi connectivity index (χ0v) is 13.0. The first-order valence-corrected chi connectivity index (χ1v) is 7.74. The largest absolute Gasteiger partial charge is 0.384 e. The number of rotatable bonds is 1. The number of thioether (sulfide) groups is 1. The van der Waals surface area contributed by atoms with E-state index in [4.69, 9.17) is 5.11 Å². The average Bonchev–Trinajstić information content (AvgIpc) is 2.43. The lowest BCUT2D eigenvalue weighted by Gasteiger charge is -2.37. The van der Waals surface area contributed by atoms with Crippen LogP contribution in [0.1, 0.15) is 29.8 Å². The molecule has 3 nitrogen and oxygen atoms in total. The molecule has 21 heavy (non-hydrogen) atoms. The van der Waals surface area contributed by atoms with E-state index in [1.54, 1.807) is 11.0 Å². The van der Waals surface area contributed by atoms with Crippen LogP contribution in [0.5, 0.6) is 0 Å². The fraction of sp³-hybridized carbons (Fsp3) is 0.438. The van der Waals surface area contributed by atoms with Crippen molar-refractivity contribution in [1.29, 1.82) is 0 Å². The zero-order valence-electron chi connectivity index (χ0n) is 12.1. The van der Waals surface area contributed by atoms with Crippen LogP contribution >= 0.6 is 11.8 Å². The highest BCUT2D eigenvalue weighted by Gasteiger charge is 2.31. The van der Waals surface area contributed by atoms with Gasteiger partial charge in [0, 0.05) is 29.2 Å². The smallest absolute Gasteiger partial charge is 0.256 e. The number of hydrogen-bond acceptors (Lipinski definition) is 3. The van der Waals surface area contributed by atoms with Gasteiger partial charge >= 0.3 is 0 Å². The van der Waals surface area contributed by atoms with E-state index < -0.39 is 5.82 Å². The highest BCUT2D eigenvalue weighted by Crippen LogP contribution is 2.30. The van der Waals surface area contributed by atoms with Crippen LogP contribution < -0.4 is 0 Å². The summed E-state index contributed by atoms with van der Waals surface area (Å²) in [7, 11) is 0. The summed E-state index contributed by atoms with van der Waals surface area (Å²) in [5.41, 5.74) is 0.528. The van der Waals surface area contributed by atoms with Crippen molar-refractivity contribution in [2.24, 2.45) is 0 Å². The normalized spacial score (nSPS) is 17.0. The summed E-state index contributed by atoms with van der Waals surface area (Å²) in [6.45, 7) is 5.14. The zero-order chi connectivity index (χ0) is 15.5. The maximum Gasteiger partial charge on any atom is 0.256 e. The molecule has 1 N–H and O–H groups in total. The quantitative estimate of drug-likeness (QED) is 0.808. The third kappa shape index (κ3) is 3.99. The second-order valence-electron chi connectivity index (χ2n) is 5.49. The van der Waals surface area contributed by atoms with Crippen molar-refractivity contribution in [3.8, 4) is 11.8 Å². The minimum atomic E-state index is -0.569. The van der Waals surface area contributed by atoms with Crippen LogP contribution in [0.2, 0.25) is 0 Å². The maximum absolute atomic E-state index is 14.1. The summed E-state index contributed by atoms with van der Waals surface area (Å²) in [5, 5.41) is 8.63. The molecule has 1 aromatic carbocycles. The molecule has 112 valence electrons. The maximum atomic E-state index is 14.1. The number of nitrogens with zero attached hydrogens (tertiary/aromatic N) is 1. The molecule has 1 heterocycles. The first kappa shape index (κ1) is 15.9. The molecule has 0 atom stereocenters. The first-order valence-electron chi connectivity index (χ1n) is 6.75. The number of benzene rings is 1. The van der Waals surface area contributed by atoms with E-state index in [2.05, 4.69) is 25.7 Å². The predicted molar refractivity (Wildman–Crippen MR) is 82.8 cm³/mol. The number of amides is 1. The minimum Gasteiger partial charge on any atom is -0.384 e. The average molecular weight is 307 g/mol. The van der Waals surface area contributed by atoms with Gasteiger partial charge in [0.05, 0.1) is 5.56 Å². The third-order valence-corrected chi connectivity index (χ3v) is 4.52. The lowest BCUT2D eigenvalue weighted by molar-refractivity contribution is 0.0743. The number of hydrogen-bond donors (Lipinski definition) is 1. The van der Waals surface area contributed by atoms with Gasteiger partial charge in [0.15, 0.2) is 0 Å². The molecule has 1 aliphatic heterocycles. The van der Waals surface area contributed by atoms with Crippen LogP contribution in [0.25, 0.3) is 0 Å². The fourth-order valence-corrected chi connectivity index (χ4v) is 3.38. The molecule has 0 saturated carbocycles. The van der Waals surface area contributed by atoms with Gasteiger partial charge in [-0.1, -0.05) is 11.8 Å². The molecule has 0 radical (unpaired) electrons. The van der Waals surface area contributed by atoms with Crippen LogP contribution in [0.15, 0.2) is 18.2 Å². The first-order chi connectivity index (χ1) is 9.93. The third-order valence-electron chi connectivity index (χ3n) is 3.22. The minimum absolute atomic E-state index is 0.00305. The molecule has 0 unspecified atom stereocenters. The van der Waals surface area contributed by atoms with Gasteiger partial charge in [-0.15, -0.1) is 0 Å². The van der Waals surface area contributed by atoms with Crippen LogP contribution in [0, 0.1) is 17.7 Å². The van der Waals surface area contributed by atoms with E-state index in [-0.39, 0.29) is 22.8 Å². The van der Waals surface area contributed by atoms with E-state index in [0.717, 1.165) is 5.75 Å². The highest BCUT2D eigenvalue weighted by molar-refractivity contribution is 8.00. The predicted octanol–water partition coefficient (Wildman–Crippen LogP) is 2.14. The van der Waals surface area contributed by atoms with Crippen molar-refractivity contribution in [1.82, 2.24) is 4.90 Å². The Bertz CT molecular complexity index is 604. The SMILES string of the molecule is CC1(C)CN(C(=O)c2ccc(C#CCO)cc2F)CCS1. The second kappa shape index (κ2) is 6.50. The van der Waals surface area contributed by atoms with Crippen molar-refractivity contribution in [3.63, 3.8) is 0 Å². The lowest BCUT2D eigenvalue weighted by Crippen LogP contribution is -2.46. The lowest BCUT2D eigenvalue weighted by atomic mass is 10.1. The summed E-state index contributed by atoms with van der Waals surface area (Å²) >= 11 is 1.82. The highest BCUT2D eigenvalue weighted by atomic mass is 32.2. The molecular formula is C16H18FNO2S. The van der Waals surface area contributed by atoms with E-state index >= 15 is 0 Å². The molecule has 0 bridgehead atoms. The molecule has 0 spiro atoms. The van der Waals surface area contributed by atoms with Gasteiger partial charge in [0.2, 0.25) is 0 Å². The molecular weight excluding hydrogens is 289 g/mol. The van der Waals surface area contributed by atoms with E-state index in [9.17, 15) is 9.18 Å². The Balaban J connectivity index is 2.19. The Morgan fingerprint density at radius 2 is 2.29 bits per heavy atom. The molecule has 0 aromatic heterocycles. The van der Waals surface area contributed by atoms with E-state index in [0.29, 0.717) is 18.7 Å². The Hall–Kier alpha value is -1.51. The Labute approximate surface area is 128 Å². The van der Waals surface area contributed by atoms with E-state index in [1.807, 2.05) is 11.8 Å². The molecule has 1 fully saturated rings. The van der Waals surface area contributed by atoms with Gasteiger partial charge in [0.25, 0.3) is 5.91 Å². The summed E-state index contributed by atoms with van der Waals surface area (Å²) in [6.07, 6.45) is 0. The Kier molecular flexibility index (Phi) is 4.92. The van der Waals surface area contributed by atoms with Gasteiger partial charge in [-0.3, -0.25) is 4.79 Å². The molecule has 5 heteroatoms. The van der Waals surface area contributed by atoms with Crippen molar-refractivity contribution >= 4 is 17.7 Å². The number of halogens is 1. The van der Waals surface area contributed by atoms with Crippen LogP contribution in [-0.4, -0.2) is 46.1 Å². The van der Waals surface area contributed by atoms with Crippen molar-refractivity contribution in [2.45, 2.75) is 18.6 Å². The molecule has 0 aliphatic carbocycles. The standard InChI is InChI=1S/C16H18FNO2S/c1-16(2)11-18(7-9-21-16)15(20)13-6-5-12(4-3-8-19)10-14(13)17/h5-6,10,19H,7-9,11H2,1-2H3. The summed E-state index contributed by atoms with van der Waals surface area (Å²) in [5.74, 6) is 5.10. The molecule has 1 saturated heterocycles. The van der Waals surface area contributed by atoms with Crippen molar-refractivity contribution < 1.29 is 14.3 Å². The fourth-order valence-electron chi connectivity index (χ4n) is 2.27. The number of carbonyl (C=O) groups excluding carboxylic acids is 1. The van der Waals surface area contributed by atoms with Crippen molar-refractivity contribution in [2.75, 3.05) is 25.4 Å². The topological polar surface area (TPSA) is 40.5 Å². The number of aliphatic hydroxyl groups is 1. The van der Waals surface area contributed by atoms with Crippen molar-refractivity contribution in [3.05, 3.63) is 35.1 Å². The van der Waals surface area contributed by atoms with Gasteiger partial charge in [-0.05, 0) is 32.0 Å². The van der Waals surface area contributed by atoms with Crippen LogP contribution in [0.4, 0.5) is 4.39 Å². The summed E-state index contributed by atoms with van der Waals surface area (Å²) in [6, 6.07) is 4.30. The Morgan fingerprint density at radius 1 is 1.52 bits per heavy atom. The Morgan fingerprint density at radius 3 is 2.90 bits per heavy atom. The second-order valence-corrected chi connectivity index (χ2v) is 7.29. The van der Waals surface area contributed by atoms with Gasteiger partial charge in [-0.25, -0.2) is 4.39 Å². The van der Waals surface area contributed by atoms with Gasteiger partial charge in [0.1, 0.15) is 12.4 Å². The van der Waals surface area contributed by atoms with E-state index in [1.165, 1.54) is 12.1 Å².